The Kier molecular flexibility index (Phi) is 6.86. The summed E-state index contributed by atoms with van der Waals surface area (Å²) in [5.74, 6) is 0.502. The SMILES string of the molecule is Cc1ccc(CNCC(O)COCC(C)C)nc1. The number of nitrogens with one attached hydrogen (secondary N) is 1. The summed E-state index contributed by atoms with van der Waals surface area (Å²) < 4.78 is 5.37. The molecule has 2 N–H and O–H groups in total. The molecule has 1 heterocycles. The van der Waals surface area contributed by atoms with Crippen molar-refractivity contribution in [2.24, 2.45) is 5.92 Å². The highest BCUT2D eigenvalue weighted by Crippen LogP contribution is 1.98. The monoisotopic (exact) mass is 252 g/mol. The summed E-state index contributed by atoms with van der Waals surface area (Å²) in [6, 6.07) is 4.02. The first-order valence-electron chi connectivity index (χ1n) is 6.46. The summed E-state index contributed by atoms with van der Waals surface area (Å²) in [5.41, 5.74) is 2.14. The second kappa shape index (κ2) is 8.19. The van der Waals surface area contributed by atoms with Crippen LogP contribution in [0.2, 0.25) is 0 Å². The maximum atomic E-state index is 9.68. The minimum atomic E-state index is -0.464. The molecule has 0 aromatic carbocycles. The molecule has 0 saturated heterocycles. The van der Waals surface area contributed by atoms with Crippen molar-refractivity contribution in [2.45, 2.75) is 33.4 Å². The Bertz CT molecular complexity index is 325. The van der Waals surface area contributed by atoms with Crippen molar-refractivity contribution in [3.63, 3.8) is 0 Å². The summed E-state index contributed by atoms with van der Waals surface area (Å²) in [4.78, 5) is 4.29. The van der Waals surface area contributed by atoms with Crippen LogP contribution in [0, 0.1) is 12.8 Å². The number of aryl methyl sites for hydroxylation is 1. The molecule has 18 heavy (non-hydrogen) atoms. The second-order valence-electron chi connectivity index (χ2n) is 5.04. The standard InChI is InChI=1S/C14H24N2O2/c1-11(2)9-18-10-14(17)8-15-7-13-5-4-12(3)6-16-13/h4-6,11,14-15,17H,7-10H2,1-3H3. The first-order chi connectivity index (χ1) is 8.58. The van der Waals surface area contributed by atoms with E-state index < -0.39 is 6.10 Å². The molecule has 1 atom stereocenters. The number of aromatic nitrogens is 1. The van der Waals surface area contributed by atoms with E-state index in [4.69, 9.17) is 4.74 Å². The minimum absolute atomic E-state index is 0.381. The Hall–Kier alpha value is -0.970. The zero-order chi connectivity index (χ0) is 13.4. The molecular weight excluding hydrogens is 228 g/mol. The summed E-state index contributed by atoms with van der Waals surface area (Å²) in [5, 5.41) is 12.8. The van der Waals surface area contributed by atoms with E-state index in [0.717, 1.165) is 11.3 Å². The highest BCUT2D eigenvalue weighted by molar-refractivity contribution is 5.11. The molecule has 4 heteroatoms. The molecule has 1 unspecified atom stereocenters. The van der Waals surface area contributed by atoms with E-state index in [1.165, 1.54) is 0 Å². The number of hydrogen-bond acceptors (Lipinski definition) is 4. The van der Waals surface area contributed by atoms with E-state index >= 15 is 0 Å². The summed E-state index contributed by atoms with van der Waals surface area (Å²) in [6.07, 6.45) is 1.38. The second-order valence-corrected chi connectivity index (χ2v) is 5.04. The van der Waals surface area contributed by atoms with Gasteiger partial charge in [-0.2, -0.15) is 0 Å². The largest absolute Gasteiger partial charge is 0.389 e. The summed E-state index contributed by atoms with van der Waals surface area (Å²) >= 11 is 0. The molecule has 0 aliphatic carbocycles. The van der Waals surface area contributed by atoms with Crippen LogP contribution in [0.3, 0.4) is 0 Å². The molecule has 0 amide bonds. The Labute approximate surface area is 109 Å². The van der Waals surface area contributed by atoms with Gasteiger partial charge in [0.2, 0.25) is 0 Å². The van der Waals surface area contributed by atoms with Crippen LogP contribution in [0.15, 0.2) is 18.3 Å². The first-order valence-corrected chi connectivity index (χ1v) is 6.46. The summed E-state index contributed by atoms with van der Waals surface area (Å²) in [7, 11) is 0. The number of aliphatic hydroxyl groups is 1. The van der Waals surface area contributed by atoms with E-state index in [0.29, 0.717) is 32.2 Å². The van der Waals surface area contributed by atoms with Crippen molar-refractivity contribution >= 4 is 0 Å². The molecule has 1 rings (SSSR count). The average molecular weight is 252 g/mol. The first kappa shape index (κ1) is 15.1. The van der Waals surface area contributed by atoms with Crippen molar-refractivity contribution in [1.82, 2.24) is 10.3 Å². The molecule has 0 fully saturated rings. The molecule has 1 aromatic heterocycles. The van der Waals surface area contributed by atoms with Crippen molar-refractivity contribution in [3.05, 3.63) is 29.6 Å². The molecule has 0 saturated carbocycles. The predicted molar refractivity (Wildman–Crippen MR) is 72.3 cm³/mol. The maximum Gasteiger partial charge on any atom is 0.0897 e. The highest BCUT2D eigenvalue weighted by atomic mass is 16.5. The fourth-order valence-electron chi connectivity index (χ4n) is 1.47. The normalized spacial score (nSPS) is 12.9. The third-order valence-corrected chi connectivity index (χ3v) is 2.42. The zero-order valence-electron chi connectivity index (χ0n) is 11.5. The molecule has 0 radical (unpaired) electrons. The van der Waals surface area contributed by atoms with E-state index in [-0.39, 0.29) is 0 Å². The van der Waals surface area contributed by atoms with Gasteiger partial charge < -0.3 is 15.2 Å². The number of ether oxygens (including phenoxy) is 1. The van der Waals surface area contributed by atoms with Crippen LogP contribution in [0.4, 0.5) is 0 Å². The van der Waals surface area contributed by atoms with E-state index in [9.17, 15) is 5.11 Å². The lowest BCUT2D eigenvalue weighted by Crippen LogP contribution is -2.30. The van der Waals surface area contributed by atoms with Crippen LogP contribution in [0.25, 0.3) is 0 Å². The van der Waals surface area contributed by atoms with Gasteiger partial charge in [0, 0.05) is 25.9 Å². The third kappa shape index (κ3) is 6.69. The number of hydrogen-bond donors (Lipinski definition) is 2. The van der Waals surface area contributed by atoms with Crippen LogP contribution < -0.4 is 5.32 Å². The number of aliphatic hydroxyl groups excluding tert-OH is 1. The van der Waals surface area contributed by atoms with Gasteiger partial charge in [-0.15, -0.1) is 0 Å². The molecular formula is C14H24N2O2. The van der Waals surface area contributed by atoms with Crippen LogP contribution in [0.1, 0.15) is 25.1 Å². The van der Waals surface area contributed by atoms with E-state index in [2.05, 4.69) is 24.1 Å². The van der Waals surface area contributed by atoms with Gasteiger partial charge in [0.15, 0.2) is 0 Å². The zero-order valence-corrected chi connectivity index (χ0v) is 11.5. The fraction of sp³-hybridized carbons (Fsp3) is 0.643. The van der Waals surface area contributed by atoms with Gasteiger partial charge in [-0.3, -0.25) is 4.98 Å². The molecule has 0 aliphatic rings. The molecule has 0 aliphatic heterocycles. The number of nitrogens with zero attached hydrogens (tertiary/aromatic N) is 1. The quantitative estimate of drug-likeness (QED) is 0.736. The highest BCUT2D eigenvalue weighted by Gasteiger charge is 2.04. The molecule has 0 bridgehead atoms. The van der Waals surface area contributed by atoms with E-state index in [1.807, 2.05) is 25.3 Å². The Morgan fingerprint density at radius 2 is 2.11 bits per heavy atom. The lowest BCUT2D eigenvalue weighted by atomic mass is 10.2. The topological polar surface area (TPSA) is 54.4 Å². The van der Waals surface area contributed by atoms with Gasteiger partial charge in [0.25, 0.3) is 0 Å². The lowest BCUT2D eigenvalue weighted by molar-refractivity contribution is 0.0260. The van der Waals surface area contributed by atoms with Gasteiger partial charge in [-0.25, -0.2) is 0 Å². The van der Waals surface area contributed by atoms with Gasteiger partial charge in [-0.1, -0.05) is 19.9 Å². The molecule has 4 nitrogen and oxygen atoms in total. The molecule has 0 spiro atoms. The van der Waals surface area contributed by atoms with E-state index in [1.54, 1.807) is 0 Å². The van der Waals surface area contributed by atoms with Crippen LogP contribution >= 0.6 is 0 Å². The van der Waals surface area contributed by atoms with Gasteiger partial charge in [0.05, 0.1) is 18.4 Å². The van der Waals surface area contributed by atoms with Crippen LogP contribution in [-0.4, -0.2) is 36.0 Å². The van der Waals surface area contributed by atoms with Crippen LogP contribution in [0.5, 0.6) is 0 Å². The predicted octanol–water partition coefficient (Wildman–Crippen LogP) is 1.51. The minimum Gasteiger partial charge on any atom is -0.389 e. The van der Waals surface area contributed by atoms with Gasteiger partial charge >= 0.3 is 0 Å². The average Bonchev–Trinajstić information content (AvgIpc) is 2.31. The van der Waals surface area contributed by atoms with Crippen LogP contribution in [-0.2, 0) is 11.3 Å². The van der Waals surface area contributed by atoms with Crippen molar-refractivity contribution in [1.29, 1.82) is 0 Å². The number of pyridine rings is 1. The maximum absolute atomic E-state index is 9.68. The van der Waals surface area contributed by atoms with Crippen molar-refractivity contribution in [2.75, 3.05) is 19.8 Å². The molecule has 1 aromatic rings. The Morgan fingerprint density at radius 3 is 2.72 bits per heavy atom. The Balaban J connectivity index is 2.11. The Morgan fingerprint density at radius 1 is 1.33 bits per heavy atom. The number of rotatable bonds is 8. The van der Waals surface area contributed by atoms with Gasteiger partial charge in [-0.05, 0) is 24.5 Å². The lowest BCUT2D eigenvalue weighted by Gasteiger charge is -2.13. The third-order valence-electron chi connectivity index (χ3n) is 2.42. The van der Waals surface area contributed by atoms with Crippen molar-refractivity contribution < 1.29 is 9.84 Å². The van der Waals surface area contributed by atoms with Crippen molar-refractivity contribution in [3.8, 4) is 0 Å². The summed E-state index contributed by atoms with van der Waals surface area (Å²) in [6.45, 7) is 8.46. The van der Waals surface area contributed by atoms with Gasteiger partial charge in [0.1, 0.15) is 0 Å². The smallest absolute Gasteiger partial charge is 0.0897 e. The molecule has 102 valence electrons. The fourth-order valence-corrected chi connectivity index (χ4v) is 1.47.